The molecule has 2 N–H and O–H groups in total. The Morgan fingerprint density at radius 1 is 0.816 bits per heavy atom. The number of anilines is 3. The fourth-order valence-electron chi connectivity index (χ4n) is 4.21. The molecule has 0 atom stereocenters. The molecule has 8 nitrogen and oxygen atoms in total. The number of hydrogen-bond donors (Lipinski definition) is 2. The molecule has 184 valence electrons. The fourth-order valence-corrected chi connectivity index (χ4v) is 4.21. The highest BCUT2D eigenvalue weighted by atomic mass is 16.1. The predicted octanol–water partition coefficient (Wildman–Crippen LogP) is 6.18. The first-order chi connectivity index (χ1) is 18.6. The molecule has 6 aromatic rings. The largest absolute Gasteiger partial charge is 0.340 e. The van der Waals surface area contributed by atoms with Crippen LogP contribution in [0.25, 0.3) is 28.0 Å². The summed E-state index contributed by atoms with van der Waals surface area (Å²) in [6.07, 6.45) is 3.10. The van der Waals surface area contributed by atoms with Gasteiger partial charge in [-0.3, -0.25) is 4.79 Å². The first-order valence-electron chi connectivity index (χ1n) is 12.1. The molecule has 6 rings (SSSR count). The number of rotatable bonds is 6. The van der Waals surface area contributed by atoms with Crippen molar-refractivity contribution in [2.24, 2.45) is 0 Å². The number of pyridine rings is 1. The average Bonchev–Trinajstić information content (AvgIpc) is 3.36. The number of fused-ring (bicyclic) bond motifs is 1. The zero-order valence-electron chi connectivity index (χ0n) is 20.5. The van der Waals surface area contributed by atoms with Gasteiger partial charge in [-0.15, -0.1) is 0 Å². The van der Waals surface area contributed by atoms with Crippen LogP contribution in [0.4, 0.5) is 17.2 Å². The van der Waals surface area contributed by atoms with Gasteiger partial charge in [0.1, 0.15) is 12.1 Å². The maximum absolute atomic E-state index is 13.0. The van der Waals surface area contributed by atoms with E-state index < -0.39 is 0 Å². The van der Waals surface area contributed by atoms with Gasteiger partial charge >= 0.3 is 0 Å². The molecule has 0 aliphatic heterocycles. The number of carbonyl (C=O) groups excluding carboxylic acids is 1. The van der Waals surface area contributed by atoms with Crippen molar-refractivity contribution in [3.05, 3.63) is 121 Å². The SMILES string of the molecule is Cc1c(C(=O)Nc2ccc(Nc3cc(-c4ccccc4)ncn3)cc2)cnn1-c1ccc2ccccc2n1. The Morgan fingerprint density at radius 2 is 1.58 bits per heavy atom. The molecule has 0 saturated carbocycles. The second kappa shape index (κ2) is 9.94. The van der Waals surface area contributed by atoms with Crippen molar-refractivity contribution in [3.63, 3.8) is 0 Å². The van der Waals surface area contributed by atoms with Crippen LogP contribution in [-0.2, 0) is 0 Å². The minimum Gasteiger partial charge on any atom is -0.340 e. The van der Waals surface area contributed by atoms with Crippen LogP contribution in [-0.4, -0.2) is 30.6 Å². The summed E-state index contributed by atoms with van der Waals surface area (Å²) < 4.78 is 1.68. The maximum atomic E-state index is 13.0. The molecule has 0 saturated heterocycles. The standard InChI is InChI=1S/C30H23N7O/c1-20-25(18-33-37(20)29-16-11-22-9-5-6-10-26(22)36-29)30(38)35-24-14-12-23(13-15-24)34-28-17-27(31-19-32-28)21-7-3-2-4-8-21/h2-19H,1H3,(H,35,38)(H,31,32,34). The van der Waals surface area contributed by atoms with E-state index in [0.29, 0.717) is 28.6 Å². The summed E-state index contributed by atoms with van der Waals surface area (Å²) in [7, 11) is 0. The molecule has 38 heavy (non-hydrogen) atoms. The fraction of sp³-hybridized carbons (Fsp3) is 0.0333. The molecule has 1 amide bonds. The highest BCUT2D eigenvalue weighted by molar-refractivity contribution is 6.05. The van der Waals surface area contributed by atoms with Crippen molar-refractivity contribution >= 4 is 34.0 Å². The van der Waals surface area contributed by atoms with E-state index in [1.54, 1.807) is 10.9 Å². The smallest absolute Gasteiger partial charge is 0.259 e. The lowest BCUT2D eigenvalue weighted by Crippen LogP contribution is -2.13. The molecule has 0 fully saturated rings. The zero-order valence-corrected chi connectivity index (χ0v) is 20.5. The van der Waals surface area contributed by atoms with Gasteiger partial charge in [-0.05, 0) is 49.4 Å². The van der Waals surface area contributed by atoms with Crippen LogP contribution in [0.1, 0.15) is 16.1 Å². The van der Waals surface area contributed by atoms with Gasteiger partial charge in [0.2, 0.25) is 0 Å². The molecule has 3 heterocycles. The van der Waals surface area contributed by atoms with Crippen LogP contribution in [0.3, 0.4) is 0 Å². The molecular weight excluding hydrogens is 474 g/mol. The molecule has 8 heteroatoms. The van der Waals surface area contributed by atoms with E-state index in [2.05, 4.69) is 30.7 Å². The lowest BCUT2D eigenvalue weighted by atomic mass is 10.1. The van der Waals surface area contributed by atoms with Crippen molar-refractivity contribution in [2.75, 3.05) is 10.6 Å². The van der Waals surface area contributed by atoms with E-state index in [-0.39, 0.29) is 5.91 Å². The third-order valence-corrected chi connectivity index (χ3v) is 6.21. The van der Waals surface area contributed by atoms with E-state index in [4.69, 9.17) is 0 Å². The van der Waals surface area contributed by atoms with Crippen LogP contribution in [0.2, 0.25) is 0 Å². The number of aromatic nitrogens is 5. The van der Waals surface area contributed by atoms with Gasteiger partial charge in [0.25, 0.3) is 5.91 Å². The summed E-state index contributed by atoms with van der Waals surface area (Å²) in [5.41, 5.74) is 5.43. The second-order valence-electron chi connectivity index (χ2n) is 8.73. The second-order valence-corrected chi connectivity index (χ2v) is 8.73. The Hall–Kier alpha value is -5.37. The topological polar surface area (TPSA) is 97.6 Å². The number of hydrogen-bond acceptors (Lipinski definition) is 6. The minimum atomic E-state index is -0.237. The molecule has 3 aromatic carbocycles. The van der Waals surface area contributed by atoms with Crippen LogP contribution in [0.5, 0.6) is 0 Å². The van der Waals surface area contributed by atoms with Crippen LogP contribution >= 0.6 is 0 Å². The summed E-state index contributed by atoms with van der Waals surface area (Å²) in [5.74, 6) is 1.11. The Bertz CT molecular complexity index is 1740. The van der Waals surface area contributed by atoms with E-state index in [1.807, 2.05) is 104 Å². The van der Waals surface area contributed by atoms with Crippen LogP contribution in [0, 0.1) is 6.92 Å². The molecule has 0 radical (unpaired) electrons. The Morgan fingerprint density at radius 3 is 2.42 bits per heavy atom. The monoisotopic (exact) mass is 497 g/mol. The first kappa shape index (κ1) is 23.1. The van der Waals surface area contributed by atoms with Gasteiger partial charge < -0.3 is 10.6 Å². The normalized spacial score (nSPS) is 10.9. The van der Waals surface area contributed by atoms with Gasteiger partial charge in [0.15, 0.2) is 5.82 Å². The first-order valence-corrected chi connectivity index (χ1v) is 12.1. The number of amides is 1. The van der Waals surface area contributed by atoms with E-state index >= 15 is 0 Å². The minimum absolute atomic E-state index is 0.237. The quantitative estimate of drug-likeness (QED) is 0.285. The molecule has 0 aliphatic carbocycles. The van der Waals surface area contributed by atoms with Gasteiger partial charge in [-0.25, -0.2) is 19.6 Å². The summed E-state index contributed by atoms with van der Waals surface area (Å²) in [6.45, 7) is 1.86. The highest BCUT2D eigenvalue weighted by Gasteiger charge is 2.16. The van der Waals surface area contributed by atoms with Crippen LogP contribution < -0.4 is 10.6 Å². The van der Waals surface area contributed by atoms with Crippen molar-refractivity contribution < 1.29 is 4.79 Å². The third kappa shape index (κ3) is 4.70. The van der Waals surface area contributed by atoms with Gasteiger partial charge in [0.05, 0.1) is 28.7 Å². The van der Waals surface area contributed by atoms with Crippen molar-refractivity contribution in [1.82, 2.24) is 24.7 Å². The lowest BCUT2D eigenvalue weighted by Gasteiger charge is -2.09. The van der Waals surface area contributed by atoms with Crippen molar-refractivity contribution in [3.8, 4) is 17.1 Å². The number of para-hydroxylation sites is 1. The van der Waals surface area contributed by atoms with Gasteiger partial charge in [-0.2, -0.15) is 5.10 Å². The molecule has 3 aromatic heterocycles. The molecule has 0 bridgehead atoms. The molecule has 0 spiro atoms. The van der Waals surface area contributed by atoms with Crippen molar-refractivity contribution in [1.29, 1.82) is 0 Å². The number of carbonyl (C=O) groups is 1. The lowest BCUT2D eigenvalue weighted by molar-refractivity contribution is 0.102. The number of nitrogens with one attached hydrogen (secondary N) is 2. The Labute approximate surface area is 219 Å². The van der Waals surface area contributed by atoms with E-state index in [0.717, 1.165) is 27.8 Å². The molecule has 0 aliphatic rings. The van der Waals surface area contributed by atoms with E-state index in [1.165, 1.54) is 6.33 Å². The van der Waals surface area contributed by atoms with Crippen LogP contribution in [0.15, 0.2) is 110 Å². The summed E-state index contributed by atoms with van der Waals surface area (Å²) in [4.78, 5) is 26.4. The molecular formula is C30H23N7O. The summed E-state index contributed by atoms with van der Waals surface area (Å²) in [6, 6.07) is 31.1. The molecule has 0 unspecified atom stereocenters. The Kier molecular flexibility index (Phi) is 6.03. The number of nitrogens with zero attached hydrogens (tertiary/aromatic N) is 5. The maximum Gasteiger partial charge on any atom is 0.259 e. The zero-order chi connectivity index (χ0) is 25.9. The average molecular weight is 498 g/mol. The summed E-state index contributed by atoms with van der Waals surface area (Å²) in [5, 5.41) is 11.7. The van der Waals surface area contributed by atoms with E-state index in [9.17, 15) is 4.79 Å². The number of benzene rings is 3. The summed E-state index contributed by atoms with van der Waals surface area (Å²) >= 11 is 0. The Balaban J connectivity index is 1.15. The predicted molar refractivity (Wildman–Crippen MR) is 149 cm³/mol. The highest BCUT2D eigenvalue weighted by Crippen LogP contribution is 2.23. The van der Waals surface area contributed by atoms with Crippen molar-refractivity contribution in [2.45, 2.75) is 6.92 Å². The van der Waals surface area contributed by atoms with Gasteiger partial charge in [0, 0.05) is 28.4 Å². The van der Waals surface area contributed by atoms with Gasteiger partial charge in [-0.1, -0.05) is 48.5 Å². The third-order valence-electron chi connectivity index (χ3n) is 6.21.